The summed E-state index contributed by atoms with van der Waals surface area (Å²) in [5.41, 5.74) is 0.644. The van der Waals surface area contributed by atoms with Gasteiger partial charge in [0.2, 0.25) is 0 Å². The minimum absolute atomic E-state index is 0.0933. The summed E-state index contributed by atoms with van der Waals surface area (Å²) in [5.74, 6) is 0. The number of hydrogen-bond donors (Lipinski definition) is 1. The van der Waals surface area contributed by atoms with Gasteiger partial charge in [-0.3, -0.25) is 14.4 Å². The molecule has 30 heavy (non-hydrogen) atoms. The van der Waals surface area contributed by atoms with Crippen LogP contribution >= 0.6 is 0 Å². The summed E-state index contributed by atoms with van der Waals surface area (Å²) < 4.78 is 27.6. The molecule has 1 saturated heterocycles. The molecule has 0 spiro atoms. The first-order valence-corrected chi connectivity index (χ1v) is 11.7. The molecule has 2 aromatic rings. The number of likely N-dealkylation sites (tertiary alicyclic amines) is 1. The molecule has 9 heteroatoms. The Labute approximate surface area is 177 Å². The summed E-state index contributed by atoms with van der Waals surface area (Å²) in [4.78, 5) is 13.4. The average molecular weight is 433 g/mol. The Balaban J connectivity index is 1.91. The molecule has 0 bridgehead atoms. The summed E-state index contributed by atoms with van der Waals surface area (Å²) in [5, 5.41) is 15.0. The van der Waals surface area contributed by atoms with Gasteiger partial charge in [0, 0.05) is 25.2 Å². The van der Waals surface area contributed by atoms with Crippen molar-refractivity contribution >= 4 is 27.1 Å². The molecule has 0 radical (unpaired) electrons. The quantitative estimate of drug-likeness (QED) is 0.505. The number of sulfonamides is 1. The number of hydrogen-bond acceptors (Lipinski definition) is 6. The van der Waals surface area contributed by atoms with E-state index in [1.165, 1.54) is 16.4 Å². The number of nitro benzene ring substituents is 1. The van der Waals surface area contributed by atoms with Crippen LogP contribution < -0.4 is 9.62 Å². The van der Waals surface area contributed by atoms with Gasteiger partial charge < -0.3 is 10.2 Å². The molecule has 1 aliphatic heterocycles. The van der Waals surface area contributed by atoms with Crippen molar-refractivity contribution in [1.29, 1.82) is 0 Å². The lowest BCUT2D eigenvalue weighted by molar-refractivity contribution is -0.384. The zero-order chi connectivity index (χ0) is 21.7. The molecular formula is C21H28N4O4S. The van der Waals surface area contributed by atoms with Gasteiger partial charge in [-0.1, -0.05) is 25.1 Å². The first kappa shape index (κ1) is 22.0. The smallest absolute Gasteiger partial charge is 0.293 e. The van der Waals surface area contributed by atoms with E-state index in [-0.39, 0.29) is 23.2 Å². The van der Waals surface area contributed by atoms with Crippen molar-refractivity contribution in [3.8, 4) is 0 Å². The Hall–Kier alpha value is -2.65. The van der Waals surface area contributed by atoms with Crippen molar-refractivity contribution in [1.82, 2.24) is 4.90 Å². The van der Waals surface area contributed by atoms with E-state index in [1.807, 2.05) is 0 Å². The number of piperidine rings is 1. The fourth-order valence-electron chi connectivity index (χ4n) is 3.84. The number of nitro groups is 1. The number of para-hydroxylation sites is 1. The highest BCUT2D eigenvalue weighted by Crippen LogP contribution is 2.32. The van der Waals surface area contributed by atoms with Gasteiger partial charge in [0.25, 0.3) is 15.7 Å². The predicted molar refractivity (Wildman–Crippen MR) is 119 cm³/mol. The van der Waals surface area contributed by atoms with Crippen molar-refractivity contribution in [3.05, 3.63) is 58.6 Å². The zero-order valence-electron chi connectivity index (χ0n) is 17.3. The van der Waals surface area contributed by atoms with Gasteiger partial charge in [0.15, 0.2) is 0 Å². The van der Waals surface area contributed by atoms with Gasteiger partial charge in [-0.25, -0.2) is 8.42 Å². The molecule has 2 aromatic carbocycles. The van der Waals surface area contributed by atoms with Crippen LogP contribution in [0, 0.1) is 10.1 Å². The third-order valence-corrected chi connectivity index (χ3v) is 7.30. The maximum atomic E-state index is 13.2. The lowest BCUT2D eigenvalue weighted by Crippen LogP contribution is -2.41. The van der Waals surface area contributed by atoms with E-state index < -0.39 is 14.9 Å². The van der Waals surface area contributed by atoms with Crippen LogP contribution in [-0.4, -0.2) is 50.5 Å². The van der Waals surface area contributed by atoms with Crippen LogP contribution in [0.15, 0.2) is 53.4 Å². The SMILES string of the molecule is CCN1CCC[C@H](Nc2ccc(S(=O)(=O)N(CC)c3ccccc3)cc2[N+](=O)[O-])C1. The molecule has 0 saturated carbocycles. The first-order chi connectivity index (χ1) is 14.4. The fourth-order valence-corrected chi connectivity index (χ4v) is 5.33. The molecule has 1 fully saturated rings. The Kier molecular flexibility index (Phi) is 6.94. The normalized spacial score (nSPS) is 17.5. The monoisotopic (exact) mass is 432 g/mol. The number of nitrogens with zero attached hydrogens (tertiary/aromatic N) is 3. The topological polar surface area (TPSA) is 95.8 Å². The first-order valence-electron chi connectivity index (χ1n) is 10.2. The maximum absolute atomic E-state index is 13.2. The van der Waals surface area contributed by atoms with Crippen LogP contribution in [-0.2, 0) is 10.0 Å². The Bertz CT molecular complexity index is 982. The number of benzene rings is 2. The Morgan fingerprint density at radius 2 is 1.93 bits per heavy atom. The summed E-state index contributed by atoms with van der Waals surface area (Å²) >= 11 is 0. The van der Waals surface area contributed by atoms with E-state index in [0.29, 0.717) is 11.4 Å². The van der Waals surface area contributed by atoms with Crippen molar-refractivity contribution < 1.29 is 13.3 Å². The standard InChI is InChI=1S/C21H28N4O4S/c1-3-23-14-8-9-17(16-23)22-20-13-12-19(15-21(20)25(26)27)30(28,29)24(4-2)18-10-6-5-7-11-18/h5-7,10-13,15,17,22H,3-4,8-9,14,16H2,1-2H3/t17-/m0/s1. The summed E-state index contributed by atoms with van der Waals surface area (Å²) in [6.07, 6.45) is 1.94. The highest BCUT2D eigenvalue weighted by Gasteiger charge is 2.28. The van der Waals surface area contributed by atoms with Crippen LogP contribution in [0.5, 0.6) is 0 Å². The van der Waals surface area contributed by atoms with Crippen LogP contribution in [0.3, 0.4) is 0 Å². The number of rotatable bonds is 8. The van der Waals surface area contributed by atoms with E-state index in [0.717, 1.165) is 38.5 Å². The molecule has 8 nitrogen and oxygen atoms in total. The van der Waals surface area contributed by atoms with Gasteiger partial charge in [-0.15, -0.1) is 0 Å². The molecule has 1 aliphatic rings. The van der Waals surface area contributed by atoms with E-state index in [2.05, 4.69) is 17.1 Å². The van der Waals surface area contributed by atoms with E-state index in [9.17, 15) is 18.5 Å². The number of likely N-dealkylation sites (N-methyl/N-ethyl adjacent to an activating group) is 1. The molecule has 1 N–H and O–H groups in total. The van der Waals surface area contributed by atoms with Crippen molar-refractivity contribution in [2.45, 2.75) is 37.6 Å². The molecular weight excluding hydrogens is 404 g/mol. The second kappa shape index (κ2) is 9.44. The maximum Gasteiger partial charge on any atom is 0.293 e. The Morgan fingerprint density at radius 3 is 2.57 bits per heavy atom. The van der Waals surface area contributed by atoms with Gasteiger partial charge >= 0.3 is 0 Å². The third kappa shape index (κ3) is 4.73. The molecule has 0 aliphatic carbocycles. The zero-order valence-corrected chi connectivity index (χ0v) is 18.1. The van der Waals surface area contributed by atoms with Crippen molar-refractivity contribution in [3.63, 3.8) is 0 Å². The van der Waals surface area contributed by atoms with E-state index in [1.54, 1.807) is 37.3 Å². The molecule has 0 aromatic heterocycles. The predicted octanol–water partition coefficient (Wildman–Crippen LogP) is 3.71. The van der Waals surface area contributed by atoms with Crippen molar-refractivity contribution in [2.75, 3.05) is 35.8 Å². The minimum atomic E-state index is -3.93. The third-order valence-electron chi connectivity index (χ3n) is 5.40. The molecule has 162 valence electrons. The van der Waals surface area contributed by atoms with Crippen LogP contribution in [0.25, 0.3) is 0 Å². The van der Waals surface area contributed by atoms with Crippen LogP contribution in [0.1, 0.15) is 26.7 Å². The highest BCUT2D eigenvalue weighted by molar-refractivity contribution is 7.92. The molecule has 0 unspecified atom stereocenters. The second-order valence-electron chi connectivity index (χ2n) is 7.32. The second-order valence-corrected chi connectivity index (χ2v) is 9.18. The average Bonchev–Trinajstić information content (AvgIpc) is 2.75. The highest BCUT2D eigenvalue weighted by atomic mass is 32.2. The van der Waals surface area contributed by atoms with Crippen LogP contribution in [0.2, 0.25) is 0 Å². The lowest BCUT2D eigenvalue weighted by Gasteiger charge is -2.32. The largest absolute Gasteiger partial charge is 0.375 e. The number of anilines is 2. The molecule has 1 heterocycles. The van der Waals surface area contributed by atoms with Crippen LogP contribution in [0.4, 0.5) is 17.1 Å². The van der Waals surface area contributed by atoms with Gasteiger partial charge in [0.1, 0.15) is 5.69 Å². The van der Waals surface area contributed by atoms with Gasteiger partial charge in [-0.05, 0) is 57.1 Å². The lowest BCUT2D eigenvalue weighted by atomic mass is 10.1. The minimum Gasteiger partial charge on any atom is -0.375 e. The Morgan fingerprint density at radius 1 is 1.20 bits per heavy atom. The van der Waals surface area contributed by atoms with E-state index in [4.69, 9.17) is 0 Å². The number of nitrogens with one attached hydrogen (secondary N) is 1. The fraction of sp³-hybridized carbons (Fsp3) is 0.429. The van der Waals surface area contributed by atoms with Gasteiger partial charge in [0.05, 0.1) is 15.5 Å². The summed E-state index contributed by atoms with van der Waals surface area (Å²) in [7, 11) is -3.93. The molecule has 0 amide bonds. The van der Waals surface area contributed by atoms with E-state index >= 15 is 0 Å². The van der Waals surface area contributed by atoms with Crippen molar-refractivity contribution in [2.24, 2.45) is 0 Å². The molecule has 3 rings (SSSR count). The van der Waals surface area contributed by atoms with Gasteiger partial charge in [-0.2, -0.15) is 0 Å². The molecule has 1 atom stereocenters. The summed E-state index contributed by atoms with van der Waals surface area (Å²) in [6.45, 7) is 6.82. The summed E-state index contributed by atoms with van der Waals surface area (Å²) in [6, 6.07) is 12.9.